The zero-order valence-corrected chi connectivity index (χ0v) is 48.9. The van der Waals surface area contributed by atoms with E-state index in [2.05, 4.69) is 47.9 Å². The minimum absolute atomic E-state index is 0.0386. The molecule has 37 heteroatoms. The van der Waals surface area contributed by atoms with Crippen LogP contribution in [-0.2, 0) is 87.9 Å². The second-order valence-electron chi connectivity index (χ2n) is 20.5. The van der Waals surface area contributed by atoms with Gasteiger partial charge in [-0.25, -0.2) is 4.79 Å². The Hall–Kier alpha value is -10.1. The van der Waals surface area contributed by atoms with Crippen molar-refractivity contribution in [3.05, 3.63) is 29.8 Å². The molecule has 0 heterocycles. The van der Waals surface area contributed by atoms with Gasteiger partial charge in [-0.05, 0) is 95.4 Å². The third-order valence-corrected chi connectivity index (χ3v) is 13.1. The average molecular weight is 1280 g/mol. The van der Waals surface area contributed by atoms with Crippen LogP contribution in [0, 0.1) is 0 Å². The van der Waals surface area contributed by atoms with Gasteiger partial charge < -0.3 is 107 Å². The van der Waals surface area contributed by atoms with Crippen LogP contribution in [0.2, 0.25) is 0 Å². The standard InChI is InChI=1S/C53H79N13O24/c1-25(44(80)65-35(53(89)90)4-2-3-23-54)58-46(82)31(12-19-40(72)73)61-47(83)30(11-17-38(57)69)60-48(84)32(13-20-41(74)75)62-49(85)33(14-21-42(76)77)63-50(86)34(15-22-43(78)79)64-52(88)36(24-26-5-7-27(67)8-6-26)66-51(87)29(10-16-37(56)68)59-45(81)28(55)9-18-39(70)71/h5-8,25,28-36,67H,2-4,9-24,54-55H2,1H3,(H2,56,68)(H2,57,69)(H,58,82)(H,59,81)(H,60,84)(H,61,83)(H,62,85)(H,63,86)(H,64,88)(H,65,80)(H,66,87)(H,70,71)(H,72,73)(H,74,75)(H,76,77)(H,78,79)(H,89,90)/t25-,28-,29-,30-,31-,32-,33-,34-,35-,36-/m0/s1. The number of phenolic OH excluding ortho intramolecular Hbond substituents is 1. The van der Waals surface area contributed by atoms with E-state index >= 15 is 0 Å². The van der Waals surface area contributed by atoms with E-state index in [1.54, 1.807) is 0 Å². The summed E-state index contributed by atoms with van der Waals surface area (Å²) in [5, 5.41) is 86.8. The Morgan fingerprint density at radius 3 is 0.978 bits per heavy atom. The van der Waals surface area contributed by atoms with E-state index < -0.39 is 258 Å². The maximum absolute atomic E-state index is 14.3. The summed E-state index contributed by atoms with van der Waals surface area (Å²) < 4.78 is 0. The van der Waals surface area contributed by atoms with Crippen LogP contribution in [-0.4, -0.2) is 204 Å². The first-order chi connectivity index (χ1) is 42.1. The Morgan fingerprint density at radius 2 is 0.656 bits per heavy atom. The second-order valence-corrected chi connectivity index (χ2v) is 20.5. The number of phenols is 1. The quantitative estimate of drug-likeness (QED) is 0.0270. The molecule has 1 aromatic rings. The highest BCUT2D eigenvalue weighted by atomic mass is 16.4. The van der Waals surface area contributed by atoms with E-state index in [1.807, 2.05) is 0 Å². The van der Waals surface area contributed by atoms with Gasteiger partial charge in [-0.3, -0.25) is 76.7 Å². The van der Waals surface area contributed by atoms with Crippen LogP contribution in [0.5, 0.6) is 5.75 Å². The number of carbonyl (C=O) groups is 17. The summed E-state index contributed by atoms with van der Waals surface area (Å²) >= 11 is 0. The largest absolute Gasteiger partial charge is 0.508 e. The van der Waals surface area contributed by atoms with Gasteiger partial charge in [0.05, 0.1) is 6.04 Å². The molecule has 0 saturated heterocycles. The zero-order chi connectivity index (χ0) is 68.4. The van der Waals surface area contributed by atoms with Gasteiger partial charge in [0.2, 0.25) is 65.0 Å². The first-order valence-electron chi connectivity index (χ1n) is 28.0. The molecule has 0 bridgehead atoms. The number of nitrogens with one attached hydrogen (secondary N) is 9. The van der Waals surface area contributed by atoms with Crippen molar-refractivity contribution in [1.29, 1.82) is 0 Å². The van der Waals surface area contributed by atoms with Crippen LogP contribution >= 0.6 is 0 Å². The van der Waals surface area contributed by atoms with Gasteiger partial charge in [0.1, 0.15) is 60.1 Å². The number of carboxylic acid groups (broad SMARTS) is 6. The van der Waals surface area contributed by atoms with E-state index in [1.165, 1.54) is 24.3 Å². The lowest BCUT2D eigenvalue weighted by atomic mass is 10.0. The highest BCUT2D eigenvalue weighted by Crippen LogP contribution is 2.14. The third kappa shape index (κ3) is 32.1. The first-order valence-corrected chi connectivity index (χ1v) is 28.0. The summed E-state index contributed by atoms with van der Waals surface area (Å²) in [6, 6.07) is -12.8. The molecule has 0 aliphatic heterocycles. The van der Waals surface area contributed by atoms with E-state index in [4.69, 9.17) is 28.0 Å². The maximum atomic E-state index is 14.3. The monoisotopic (exact) mass is 1280 g/mol. The van der Waals surface area contributed by atoms with Gasteiger partial charge in [-0.15, -0.1) is 0 Å². The lowest BCUT2D eigenvalue weighted by Gasteiger charge is -2.28. The number of aromatic hydroxyl groups is 1. The summed E-state index contributed by atoms with van der Waals surface area (Å²) in [6.07, 6.45) is -9.82. The van der Waals surface area contributed by atoms with Gasteiger partial charge in [0.15, 0.2) is 0 Å². The minimum Gasteiger partial charge on any atom is -0.508 e. The molecule has 90 heavy (non-hydrogen) atoms. The Labute approximate surface area is 512 Å². The van der Waals surface area contributed by atoms with Crippen LogP contribution in [0.4, 0.5) is 0 Å². The molecule has 10 atom stereocenters. The van der Waals surface area contributed by atoms with Crippen LogP contribution in [0.25, 0.3) is 0 Å². The van der Waals surface area contributed by atoms with Gasteiger partial charge in [-0.2, -0.15) is 0 Å². The number of aliphatic carboxylic acids is 6. The van der Waals surface area contributed by atoms with E-state index in [0.29, 0.717) is 12.8 Å². The van der Waals surface area contributed by atoms with Crippen LogP contribution < -0.4 is 70.8 Å². The fourth-order valence-electron chi connectivity index (χ4n) is 8.08. The molecule has 1 rings (SSSR count). The fraction of sp³-hybridized carbons (Fsp3) is 0.566. The molecule has 0 spiro atoms. The van der Waals surface area contributed by atoms with Crippen LogP contribution in [0.3, 0.4) is 0 Å². The number of hydrogen-bond acceptors (Lipinski definition) is 20. The number of carboxylic acids is 6. The highest BCUT2D eigenvalue weighted by Gasteiger charge is 2.36. The van der Waals surface area contributed by atoms with Crippen molar-refractivity contribution in [2.75, 3.05) is 6.54 Å². The van der Waals surface area contributed by atoms with E-state index in [9.17, 15) is 112 Å². The Balaban J connectivity index is 3.72. The lowest BCUT2D eigenvalue weighted by Crippen LogP contribution is -2.60. The van der Waals surface area contributed by atoms with Crippen molar-refractivity contribution >= 4 is 101 Å². The molecule has 24 N–H and O–H groups in total. The molecule has 0 unspecified atom stereocenters. The van der Waals surface area contributed by atoms with Gasteiger partial charge in [0.25, 0.3) is 0 Å². The topological polar surface area (TPSA) is 644 Å². The van der Waals surface area contributed by atoms with Gasteiger partial charge >= 0.3 is 35.8 Å². The van der Waals surface area contributed by atoms with Crippen LogP contribution in [0.1, 0.15) is 122 Å². The molecular weight excluding hydrogens is 1200 g/mol. The number of benzene rings is 1. The zero-order valence-electron chi connectivity index (χ0n) is 48.9. The number of amides is 11. The van der Waals surface area contributed by atoms with Crippen molar-refractivity contribution in [1.82, 2.24) is 47.9 Å². The molecule has 37 nitrogen and oxygen atoms in total. The molecule has 0 saturated carbocycles. The number of primary amides is 2. The highest BCUT2D eigenvalue weighted by molar-refractivity contribution is 5.99. The Kier molecular flexibility index (Phi) is 35.0. The van der Waals surface area contributed by atoms with E-state index in [-0.39, 0.29) is 24.3 Å². The molecule has 11 amide bonds. The van der Waals surface area contributed by atoms with Crippen molar-refractivity contribution in [2.24, 2.45) is 22.9 Å². The predicted molar refractivity (Wildman–Crippen MR) is 305 cm³/mol. The number of carbonyl (C=O) groups excluding carboxylic acids is 11. The predicted octanol–water partition coefficient (Wildman–Crippen LogP) is -6.29. The van der Waals surface area contributed by atoms with Crippen molar-refractivity contribution in [2.45, 2.75) is 183 Å². The lowest BCUT2D eigenvalue weighted by molar-refractivity contribution is -0.142. The maximum Gasteiger partial charge on any atom is 0.326 e. The summed E-state index contributed by atoms with van der Waals surface area (Å²) in [4.78, 5) is 218. The number of hydrogen-bond donors (Lipinski definition) is 20. The number of rotatable bonds is 46. The SMILES string of the molecule is C[C@H](NC(=O)[C@H](CCC(=O)O)NC(=O)[C@H](CCC(N)=O)NC(=O)[C@H](CCC(=O)O)NC(=O)[C@H](CCC(=O)O)NC(=O)[C@H](CCC(=O)O)NC(=O)[C@H](Cc1ccc(O)cc1)NC(=O)[C@H](CCC(N)=O)NC(=O)[C@@H](N)CCC(=O)O)C(=O)N[C@@H](CCCCN)C(=O)O. The Morgan fingerprint density at radius 1 is 0.367 bits per heavy atom. The van der Waals surface area contributed by atoms with Gasteiger partial charge in [-0.1, -0.05) is 12.1 Å². The van der Waals surface area contributed by atoms with Gasteiger partial charge in [0, 0.05) is 51.4 Å². The summed E-state index contributed by atoms with van der Waals surface area (Å²) in [5.74, 6) is -22.4. The molecule has 500 valence electrons. The summed E-state index contributed by atoms with van der Waals surface area (Å²) in [7, 11) is 0. The number of nitrogens with two attached hydrogens (primary N) is 4. The van der Waals surface area contributed by atoms with Crippen molar-refractivity contribution in [3.63, 3.8) is 0 Å². The van der Waals surface area contributed by atoms with Crippen molar-refractivity contribution in [3.8, 4) is 5.75 Å². The van der Waals surface area contributed by atoms with E-state index in [0.717, 1.165) is 6.92 Å². The molecule has 0 aliphatic rings. The molecule has 0 aliphatic carbocycles. The average Bonchev–Trinajstić information content (AvgIpc) is 2.58. The van der Waals surface area contributed by atoms with Crippen LogP contribution in [0.15, 0.2) is 24.3 Å². The first kappa shape index (κ1) is 77.9. The smallest absolute Gasteiger partial charge is 0.326 e. The van der Waals surface area contributed by atoms with Crippen molar-refractivity contribution < 1.29 is 117 Å². The number of unbranched alkanes of at least 4 members (excludes halogenated alkanes) is 1. The third-order valence-electron chi connectivity index (χ3n) is 13.1. The second kappa shape index (κ2) is 40.4. The molecule has 0 fully saturated rings. The Bertz CT molecular complexity index is 2750. The molecule has 0 aromatic heterocycles. The normalized spacial score (nSPS) is 14.2. The minimum atomic E-state index is -2.06. The molecule has 1 aromatic carbocycles. The molecule has 0 radical (unpaired) electrons. The molecular formula is C53H79N13O24. The fourth-order valence-corrected chi connectivity index (χ4v) is 8.08. The summed E-state index contributed by atoms with van der Waals surface area (Å²) in [6.45, 7) is 1.36. The summed E-state index contributed by atoms with van der Waals surface area (Å²) in [5.41, 5.74) is 22.1.